The zero-order valence-corrected chi connectivity index (χ0v) is 27.5. The zero-order valence-electron chi connectivity index (χ0n) is 27.5. The van der Waals surface area contributed by atoms with Crippen molar-refractivity contribution in [1.82, 2.24) is 23.7 Å². The highest BCUT2D eigenvalue weighted by Gasteiger charge is 2.24. The Hall–Kier alpha value is -6.98. The van der Waals surface area contributed by atoms with Gasteiger partial charge in [-0.15, -0.1) is 0 Å². The summed E-state index contributed by atoms with van der Waals surface area (Å²) in [6.45, 7) is 0. The van der Waals surface area contributed by atoms with Gasteiger partial charge in [0.1, 0.15) is 0 Å². The topological polar surface area (TPSA) is 40.6 Å². The van der Waals surface area contributed by atoms with Crippen LogP contribution in [0.2, 0.25) is 0 Å². The third-order valence-electron chi connectivity index (χ3n) is 10.2. The van der Waals surface area contributed by atoms with E-state index in [0.717, 1.165) is 66.6 Å². The molecule has 0 aliphatic rings. The second-order valence-corrected chi connectivity index (χ2v) is 13.0. The van der Waals surface area contributed by atoms with Gasteiger partial charge in [-0.05, 0) is 66.7 Å². The van der Waals surface area contributed by atoms with Crippen LogP contribution in [0, 0.1) is 0 Å². The summed E-state index contributed by atoms with van der Waals surface area (Å²) in [5.41, 5.74) is 9.66. The smallest absolute Gasteiger partial charge is 0.163 e. The van der Waals surface area contributed by atoms with Crippen LogP contribution in [0.15, 0.2) is 176 Å². The number of hydrogen-bond acceptors (Lipinski definition) is 2. The lowest BCUT2D eigenvalue weighted by Crippen LogP contribution is -2.04. The quantitative estimate of drug-likeness (QED) is 0.190. The summed E-state index contributed by atoms with van der Waals surface area (Å²) < 4.78 is 6.96. The fraction of sp³-hybridized carbons (Fsp3) is 0. The van der Waals surface area contributed by atoms with Crippen LogP contribution >= 0.6 is 0 Å². The van der Waals surface area contributed by atoms with E-state index in [1.54, 1.807) is 0 Å². The highest BCUT2D eigenvalue weighted by Crippen LogP contribution is 2.40. The predicted molar refractivity (Wildman–Crippen MR) is 210 cm³/mol. The molecule has 0 bridgehead atoms. The average Bonchev–Trinajstić information content (AvgIpc) is 3.84. The molecular weight excluding hydrogens is 623 g/mol. The summed E-state index contributed by atoms with van der Waals surface area (Å²) in [7, 11) is 0. The van der Waals surface area contributed by atoms with Gasteiger partial charge in [0, 0.05) is 43.9 Å². The van der Waals surface area contributed by atoms with E-state index < -0.39 is 0 Å². The van der Waals surface area contributed by atoms with Gasteiger partial charge in [-0.2, -0.15) is 0 Å². The molecule has 5 nitrogen and oxygen atoms in total. The molecule has 0 atom stereocenters. The molecule has 0 aliphatic carbocycles. The van der Waals surface area contributed by atoms with Crippen molar-refractivity contribution in [1.29, 1.82) is 0 Å². The van der Waals surface area contributed by atoms with E-state index in [9.17, 15) is 0 Å². The largest absolute Gasteiger partial charge is 0.309 e. The van der Waals surface area contributed by atoms with E-state index >= 15 is 0 Å². The van der Waals surface area contributed by atoms with Gasteiger partial charge in [0.2, 0.25) is 0 Å². The van der Waals surface area contributed by atoms with Crippen LogP contribution in [-0.4, -0.2) is 23.7 Å². The van der Waals surface area contributed by atoms with Crippen molar-refractivity contribution in [2.75, 3.05) is 0 Å². The second-order valence-electron chi connectivity index (χ2n) is 13.0. The maximum atomic E-state index is 5.55. The molecule has 5 heteroatoms. The second kappa shape index (κ2) is 10.8. The van der Waals surface area contributed by atoms with E-state index in [-0.39, 0.29) is 0 Å². The van der Waals surface area contributed by atoms with Gasteiger partial charge in [0.05, 0.1) is 33.0 Å². The number of para-hydroxylation sites is 6. The molecule has 0 saturated carbocycles. The average molecular weight is 652 g/mol. The minimum atomic E-state index is 0.679. The summed E-state index contributed by atoms with van der Waals surface area (Å²) in [5, 5.41) is 6.89. The molecule has 4 heterocycles. The lowest BCUT2D eigenvalue weighted by atomic mass is 10.1. The highest BCUT2D eigenvalue weighted by molar-refractivity contribution is 6.15. The van der Waals surface area contributed by atoms with Crippen molar-refractivity contribution >= 4 is 65.5 Å². The first-order valence-electron chi connectivity index (χ1n) is 17.3. The van der Waals surface area contributed by atoms with Crippen molar-refractivity contribution in [2.45, 2.75) is 0 Å². The Morgan fingerprint density at radius 2 is 0.784 bits per heavy atom. The summed E-state index contributed by atoms with van der Waals surface area (Å²) in [6.07, 6.45) is 0. The monoisotopic (exact) mass is 651 g/mol. The molecule has 7 aromatic carbocycles. The lowest BCUT2D eigenvalue weighted by Gasteiger charge is -2.13. The van der Waals surface area contributed by atoms with Gasteiger partial charge in [0.25, 0.3) is 0 Å². The molecule has 0 radical (unpaired) electrons. The van der Waals surface area contributed by atoms with Crippen molar-refractivity contribution in [3.05, 3.63) is 176 Å². The van der Waals surface area contributed by atoms with Crippen LogP contribution in [0.4, 0.5) is 0 Å². The Labute approximate surface area is 292 Å². The molecule has 0 fully saturated rings. The minimum Gasteiger partial charge on any atom is -0.309 e. The summed E-state index contributed by atoms with van der Waals surface area (Å²) >= 11 is 0. The number of benzene rings is 7. The number of aromatic nitrogens is 5. The molecule has 0 aliphatic heterocycles. The maximum absolute atomic E-state index is 5.55. The Bertz CT molecular complexity index is 3080. The van der Waals surface area contributed by atoms with E-state index in [1.165, 1.54) is 21.7 Å². The van der Waals surface area contributed by atoms with E-state index in [0.29, 0.717) is 5.82 Å². The third-order valence-corrected chi connectivity index (χ3v) is 10.2. The van der Waals surface area contributed by atoms with Crippen molar-refractivity contribution in [2.24, 2.45) is 0 Å². The zero-order chi connectivity index (χ0) is 33.5. The molecule has 0 saturated heterocycles. The molecule has 238 valence electrons. The van der Waals surface area contributed by atoms with E-state index in [2.05, 4.69) is 190 Å². The lowest BCUT2D eigenvalue weighted by molar-refractivity contribution is 1.05. The van der Waals surface area contributed by atoms with Crippen LogP contribution in [-0.2, 0) is 0 Å². The number of hydrogen-bond donors (Lipinski definition) is 0. The molecule has 11 rings (SSSR count). The van der Waals surface area contributed by atoms with Crippen LogP contribution < -0.4 is 0 Å². The van der Waals surface area contributed by atoms with Gasteiger partial charge in [0.15, 0.2) is 17.3 Å². The first kappa shape index (κ1) is 27.9. The predicted octanol–water partition coefficient (Wildman–Crippen LogP) is 11.4. The molecule has 0 amide bonds. The van der Waals surface area contributed by atoms with Crippen LogP contribution in [0.1, 0.15) is 0 Å². The molecule has 0 spiro atoms. The van der Waals surface area contributed by atoms with Crippen molar-refractivity contribution in [3.8, 4) is 28.6 Å². The van der Waals surface area contributed by atoms with Crippen LogP contribution in [0.25, 0.3) is 94.1 Å². The fourth-order valence-corrected chi connectivity index (χ4v) is 8.08. The van der Waals surface area contributed by atoms with Gasteiger partial charge < -0.3 is 4.57 Å². The Morgan fingerprint density at radius 3 is 1.39 bits per heavy atom. The standard InChI is InChI=1S/C46H29N5/c1-3-15-31(16-4-1)49-38-23-11-9-21-35(38)37-29-30(27-28-42(37)49)44-47-45-43(36-22-10-14-26-41(36)50(45)32-17-5-2-6-18-32)46(48-44)51-39-24-12-7-19-33(39)34-20-8-13-25-40(34)51/h1-29H. The van der Waals surface area contributed by atoms with E-state index in [4.69, 9.17) is 9.97 Å². The van der Waals surface area contributed by atoms with Gasteiger partial charge in [-0.3, -0.25) is 9.13 Å². The molecule has 0 N–H and O–H groups in total. The third kappa shape index (κ3) is 4.03. The maximum Gasteiger partial charge on any atom is 0.163 e. The fourth-order valence-electron chi connectivity index (χ4n) is 8.08. The Balaban J connectivity index is 1.28. The Morgan fingerprint density at radius 1 is 0.333 bits per heavy atom. The molecule has 51 heavy (non-hydrogen) atoms. The molecule has 4 aromatic heterocycles. The van der Waals surface area contributed by atoms with Crippen LogP contribution in [0.5, 0.6) is 0 Å². The Kier molecular flexibility index (Phi) is 5.89. The summed E-state index contributed by atoms with van der Waals surface area (Å²) in [5.74, 6) is 1.54. The first-order chi connectivity index (χ1) is 25.3. The molecule has 0 unspecified atom stereocenters. The number of rotatable bonds is 4. The van der Waals surface area contributed by atoms with Crippen molar-refractivity contribution in [3.63, 3.8) is 0 Å². The van der Waals surface area contributed by atoms with E-state index in [1.807, 2.05) is 0 Å². The first-order valence-corrected chi connectivity index (χ1v) is 17.3. The van der Waals surface area contributed by atoms with Gasteiger partial charge >= 0.3 is 0 Å². The summed E-state index contributed by atoms with van der Waals surface area (Å²) in [4.78, 5) is 11.0. The summed E-state index contributed by atoms with van der Waals surface area (Å²) in [6, 6.07) is 62.3. The minimum absolute atomic E-state index is 0.679. The molecular formula is C46H29N5. The van der Waals surface area contributed by atoms with Crippen molar-refractivity contribution < 1.29 is 0 Å². The number of nitrogens with zero attached hydrogens (tertiary/aromatic N) is 5. The normalized spacial score (nSPS) is 11.9. The highest BCUT2D eigenvalue weighted by atomic mass is 15.1. The van der Waals surface area contributed by atoms with Gasteiger partial charge in [-0.1, -0.05) is 109 Å². The van der Waals surface area contributed by atoms with Gasteiger partial charge in [-0.25, -0.2) is 9.97 Å². The van der Waals surface area contributed by atoms with Crippen LogP contribution in [0.3, 0.4) is 0 Å². The molecule has 11 aromatic rings. The SMILES string of the molecule is c1ccc(-n2c3ccccc3c3cc(-c4nc(-n5c6ccccc6c6ccccc65)c5c6ccccc6n(-c6ccccc6)c5n4)ccc32)cc1. The number of fused-ring (bicyclic) bond motifs is 9.